The molecule has 0 radical (unpaired) electrons. The van der Waals surface area contributed by atoms with Crippen molar-refractivity contribution in [2.75, 3.05) is 17.7 Å². The molecule has 2 aromatic rings. The van der Waals surface area contributed by atoms with Gasteiger partial charge in [0.1, 0.15) is 5.82 Å². The zero-order valence-corrected chi connectivity index (χ0v) is 11.2. The van der Waals surface area contributed by atoms with Crippen LogP contribution in [0.5, 0.6) is 0 Å². The van der Waals surface area contributed by atoms with Gasteiger partial charge in [-0.25, -0.2) is 4.98 Å². The number of rotatable bonds is 4. The molecule has 0 saturated heterocycles. The smallest absolute Gasteiger partial charge is 0.224 e. The second-order valence-corrected chi connectivity index (χ2v) is 5.33. The van der Waals surface area contributed by atoms with E-state index < -0.39 is 0 Å². The van der Waals surface area contributed by atoms with Crippen LogP contribution in [0.3, 0.4) is 0 Å². The minimum atomic E-state index is 0.622. The van der Waals surface area contributed by atoms with Crippen molar-refractivity contribution in [1.29, 1.82) is 0 Å². The van der Waals surface area contributed by atoms with Crippen LogP contribution in [-0.4, -0.2) is 17.0 Å². The average Bonchev–Trinajstić information content (AvgIpc) is 2.72. The lowest BCUT2D eigenvalue weighted by Gasteiger charge is -2.07. The fourth-order valence-electron chi connectivity index (χ4n) is 1.40. The Hall–Kier alpha value is -1.33. The highest BCUT2D eigenvalue weighted by molar-refractivity contribution is 7.16. The van der Waals surface area contributed by atoms with E-state index in [0.717, 1.165) is 22.4 Å². The van der Waals surface area contributed by atoms with E-state index in [1.807, 2.05) is 25.1 Å². The largest absolute Gasteiger partial charge is 0.365 e. The highest BCUT2D eigenvalue weighted by Crippen LogP contribution is 2.22. The molecular formula is C11H13ClN4S. The van der Waals surface area contributed by atoms with Crippen LogP contribution < -0.4 is 10.6 Å². The maximum Gasteiger partial charge on any atom is 0.224 e. The normalized spacial score (nSPS) is 10.3. The summed E-state index contributed by atoms with van der Waals surface area (Å²) < 4.78 is 0.802. The van der Waals surface area contributed by atoms with Gasteiger partial charge < -0.3 is 10.6 Å². The molecule has 0 fully saturated rings. The van der Waals surface area contributed by atoms with Crippen molar-refractivity contribution in [3.8, 4) is 0 Å². The molecule has 2 aromatic heterocycles. The molecule has 0 bridgehead atoms. The van der Waals surface area contributed by atoms with Gasteiger partial charge in [-0.15, -0.1) is 11.3 Å². The minimum Gasteiger partial charge on any atom is -0.365 e. The SMILES string of the molecule is CNc1nc(C)cc(NCc2ccc(Cl)s2)n1. The third-order valence-corrected chi connectivity index (χ3v) is 3.38. The molecule has 90 valence electrons. The minimum absolute atomic E-state index is 0.622. The highest BCUT2D eigenvalue weighted by atomic mass is 35.5. The van der Waals surface area contributed by atoms with Crippen molar-refractivity contribution in [3.63, 3.8) is 0 Å². The Morgan fingerprint density at radius 3 is 2.82 bits per heavy atom. The van der Waals surface area contributed by atoms with E-state index in [4.69, 9.17) is 11.6 Å². The number of nitrogens with one attached hydrogen (secondary N) is 2. The molecule has 17 heavy (non-hydrogen) atoms. The van der Waals surface area contributed by atoms with Gasteiger partial charge in [0.05, 0.1) is 10.9 Å². The van der Waals surface area contributed by atoms with Crippen LogP contribution in [0.25, 0.3) is 0 Å². The molecule has 6 heteroatoms. The Labute approximate surface area is 109 Å². The van der Waals surface area contributed by atoms with Gasteiger partial charge >= 0.3 is 0 Å². The number of hydrogen-bond donors (Lipinski definition) is 2. The van der Waals surface area contributed by atoms with Gasteiger partial charge in [-0.3, -0.25) is 0 Å². The first-order chi connectivity index (χ1) is 8.17. The van der Waals surface area contributed by atoms with E-state index in [9.17, 15) is 0 Å². The topological polar surface area (TPSA) is 49.8 Å². The van der Waals surface area contributed by atoms with Crippen molar-refractivity contribution in [2.45, 2.75) is 13.5 Å². The molecule has 0 spiro atoms. The summed E-state index contributed by atoms with van der Waals surface area (Å²) in [5.74, 6) is 1.43. The summed E-state index contributed by atoms with van der Waals surface area (Å²) in [6.07, 6.45) is 0. The van der Waals surface area contributed by atoms with Crippen LogP contribution in [0.1, 0.15) is 10.6 Å². The molecule has 2 rings (SSSR count). The fraction of sp³-hybridized carbons (Fsp3) is 0.273. The van der Waals surface area contributed by atoms with E-state index in [1.54, 1.807) is 18.4 Å². The molecule has 2 heterocycles. The lowest BCUT2D eigenvalue weighted by Crippen LogP contribution is -2.04. The second kappa shape index (κ2) is 5.33. The van der Waals surface area contributed by atoms with Gasteiger partial charge in [-0.1, -0.05) is 11.6 Å². The van der Waals surface area contributed by atoms with Gasteiger partial charge in [0.2, 0.25) is 5.95 Å². The first-order valence-electron chi connectivity index (χ1n) is 5.19. The summed E-state index contributed by atoms with van der Waals surface area (Å²) in [5.41, 5.74) is 0.927. The fourth-order valence-corrected chi connectivity index (χ4v) is 2.42. The molecular weight excluding hydrogens is 256 g/mol. The molecule has 2 N–H and O–H groups in total. The molecule has 0 aliphatic rings. The van der Waals surface area contributed by atoms with Crippen molar-refractivity contribution in [1.82, 2.24) is 9.97 Å². The Bertz CT molecular complexity index is 512. The number of anilines is 2. The Balaban J connectivity index is 2.05. The van der Waals surface area contributed by atoms with Crippen LogP contribution in [0.15, 0.2) is 18.2 Å². The predicted molar refractivity (Wildman–Crippen MR) is 73.0 cm³/mol. The van der Waals surface area contributed by atoms with E-state index in [0.29, 0.717) is 5.95 Å². The third kappa shape index (κ3) is 3.31. The van der Waals surface area contributed by atoms with E-state index in [2.05, 4.69) is 20.6 Å². The van der Waals surface area contributed by atoms with Crippen molar-refractivity contribution in [3.05, 3.63) is 33.1 Å². The number of nitrogens with zero attached hydrogens (tertiary/aromatic N) is 2. The van der Waals surface area contributed by atoms with Crippen molar-refractivity contribution < 1.29 is 0 Å². The summed E-state index contributed by atoms with van der Waals surface area (Å²) in [5, 5.41) is 6.18. The summed E-state index contributed by atoms with van der Waals surface area (Å²) in [6, 6.07) is 5.82. The van der Waals surface area contributed by atoms with Gasteiger partial charge in [0.15, 0.2) is 0 Å². The Morgan fingerprint density at radius 2 is 2.18 bits per heavy atom. The average molecular weight is 269 g/mol. The number of hydrogen-bond acceptors (Lipinski definition) is 5. The molecule has 0 amide bonds. The van der Waals surface area contributed by atoms with Crippen molar-refractivity contribution >= 4 is 34.7 Å². The van der Waals surface area contributed by atoms with Gasteiger partial charge in [-0.05, 0) is 19.1 Å². The zero-order chi connectivity index (χ0) is 12.3. The summed E-state index contributed by atoms with van der Waals surface area (Å²) in [7, 11) is 1.80. The van der Waals surface area contributed by atoms with E-state index in [1.165, 1.54) is 4.88 Å². The van der Waals surface area contributed by atoms with Gasteiger partial charge in [0.25, 0.3) is 0 Å². The maximum absolute atomic E-state index is 5.87. The first-order valence-corrected chi connectivity index (χ1v) is 6.38. The molecule has 4 nitrogen and oxygen atoms in total. The first kappa shape index (κ1) is 12.1. The summed E-state index contributed by atoms with van der Waals surface area (Å²) in [4.78, 5) is 9.72. The lowest BCUT2D eigenvalue weighted by atomic mass is 10.4. The zero-order valence-electron chi connectivity index (χ0n) is 9.62. The molecule has 0 saturated carbocycles. The number of halogens is 1. The Morgan fingerprint density at radius 1 is 1.35 bits per heavy atom. The van der Waals surface area contributed by atoms with Gasteiger partial charge in [0, 0.05) is 23.7 Å². The number of thiophene rings is 1. The number of aromatic nitrogens is 2. The van der Waals surface area contributed by atoms with Crippen LogP contribution in [0.2, 0.25) is 4.34 Å². The van der Waals surface area contributed by atoms with Crippen LogP contribution >= 0.6 is 22.9 Å². The summed E-state index contributed by atoms with van der Waals surface area (Å²) in [6.45, 7) is 2.66. The van der Waals surface area contributed by atoms with E-state index in [-0.39, 0.29) is 0 Å². The van der Waals surface area contributed by atoms with E-state index >= 15 is 0 Å². The summed E-state index contributed by atoms with van der Waals surface area (Å²) >= 11 is 7.44. The van der Waals surface area contributed by atoms with Crippen LogP contribution in [0, 0.1) is 6.92 Å². The molecule has 0 aromatic carbocycles. The van der Waals surface area contributed by atoms with Crippen LogP contribution in [-0.2, 0) is 6.54 Å². The molecule has 0 aliphatic carbocycles. The number of aryl methyl sites for hydroxylation is 1. The molecule has 0 aliphatic heterocycles. The highest BCUT2D eigenvalue weighted by Gasteiger charge is 2.02. The molecule has 0 unspecified atom stereocenters. The van der Waals surface area contributed by atoms with Gasteiger partial charge in [-0.2, -0.15) is 4.98 Å². The Kier molecular flexibility index (Phi) is 3.81. The predicted octanol–water partition coefficient (Wildman–Crippen LogP) is 3.15. The van der Waals surface area contributed by atoms with Crippen LogP contribution in [0.4, 0.5) is 11.8 Å². The lowest BCUT2D eigenvalue weighted by molar-refractivity contribution is 1.06. The standard InChI is InChI=1S/C11H13ClN4S/c1-7-5-10(16-11(13-2)15-7)14-6-8-3-4-9(12)17-8/h3-5H,6H2,1-2H3,(H2,13,14,15,16). The second-order valence-electron chi connectivity index (χ2n) is 3.53. The third-order valence-electron chi connectivity index (χ3n) is 2.15. The van der Waals surface area contributed by atoms with Crippen molar-refractivity contribution in [2.24, 2.45) is 0 Å². The monoisotopic (exact) mass is 268 g/mol. The quantitative estimate of drug-likeness (QED) is 0.894. The maximum atomic E-state index is 5.87. The molecule has 0 atom stereocenters.